The molecule has 3 fully saturated rings. The second kappa shape index (κ2) is 5.53. The van der Waals surface area contributed by atoms with E-state index in [4.69, 9.17) is 9.73 Å². The van der Waals surface area contributed by atoms with Gasteiger partial charge in [-0.15, -0.1) is 0 Å². The van der Waals surface area contributed by atoms with Crippen molar-refractivity contribution in [3.05, 3.63) is 0 Å². The predicted octanol–water partition coefficient (Wildman–Crippen LogP) is 3.59. The monoisotopic (exact) mass is 296 g/mol. The number of rotatable bonds is 1. The molecule has 3 aliphatic rings. The molecule has 2 aliphatic heterocycles. The summed E-state index contributed by atoms with van der Waals surface area (Å²) < 4.78 is 5.79. The van der Waals surface area contributed by atoms with Crippen molar-refractivity contribution in [2.75, 3.05) is 12.4 Å². The minimum atomic E-state index is -0.00575. The largest absolute Gasteiger partial charge is 0.375 e. The number of nitrogens with one attached hydrogen (secondary N) is 1. The molecule has 2 heterocycles. The van der Waals surface area contributed by atoms with Crippen molar-refractivity contribution >= 4 is 16.9 Å². The molecule has 0 aromatic rings. The first kappa shape index (κ1) is 14.7. The van der Waals surface area contributed by atoms with Gasteiger partial charge in [-0.25, -0.2) is 0 Å². The maximum Gasteiger partial charge on any atom is 0.157 e. The van der Waals surface area contributed by atoms with Crippen LogP contribution in [0.3, 0.4) is 0 Å². The zero-order chi connectivity index (χ0) is 14.2. The van der Waals surface area contributed by atoms with Crippen LogP contribution in [0.5, 0.6) is 0 Å². The molecule has 2 saturated heterocycles. The lowest BCUT2D eigenvalue weighted by Crippen LogP contribution is -2.46. The van der Waals surface area contributed by atoms with Crippen molar-refractivity contribution < 1.29 is 4.74 Å². The molecule has 0 aromatic heterocycles. The van der Waals surface area contributed by atoms with Crippen LogP contribution < -0.4 is 5.32 Å². The summed E-state index contributed by atoms with van der Waals surface area (Å²) >= 11 is 1.94. The molecule has 3 nitrogen and oxygen atoms in total. The first-order valence-corrected chi connectivity index (χ1v) is 9.08. The molecule has 4 heteroatoms. The first-order chi connectivity index (χ1) is 9.46. The van der Waals surface area contributed by atoms with Crippen molar-refractivity contribution in [2.24, 2.45) is 10.9 Å². The molecule has 1 unspecified atom stereocenters. The Bertz CT molecular complexity index is 386. The predicted molar refractivity (Wildman–Crippen MR) is 86.4 cm³/mol. The summed E-state index contributed by atoms with van der Waals surface area (Å²) in [7, 11) is 0. The highest BCUT2D eigenvalue weighted by Gasteiger charge is 2.40. The Morgan fingerprint density at radius 1 is 1.25 bits per heavy atom. The molecular formula is C16H28N2OS. The lowest BCUT2D eigenvalue weighted by Gasteiger charge is -2.36. The van der Waals surface area contributed by atoms with Gasteiger partial charge in [-0.3, -0.25) is 4.99 Å². The van der Waals surface area contributed by atoms with Crippen LogP contribution in [0.4, 0.5) is 0 Å². The Kier molecular flexibility index (Phi) is 4.06. The number of amidine groups is 1. The van der Waals surface area contributed by atoms with Gasteiger partial charge in [-0.05, 0) is 58.3 Å². The van der Waals surface area contributed by atoms with Crippen LogP contribution in [0, 0.1) is 5.92 Å². The minimum absolute atomic E-state index is 0.00575. The summed E-state index contributed by atoms with van der Waals surface area (Å²) in [4.78, 5) is 4.99. The van der Waals surface area contributed by atoms with E-state index in [-0.39, 0.29) is 5.60 Å². The topological polar surface area (TPSA) is 33.6 Å². The average Bonchev–Trinajstić information content (AvgIpc) is 2.76. The highest BCUT2D eigenvalue weighted by molar-refractivity contribution is 8.14. The molecule has 3 rings (SSSR count). The van der Waals surface area contributed by atoms with Crippen LogP contribution in [-0.2, 0) is 4.74 Å². The van der Waals surface area contributed by atoms with E-state index in [9.17, 15) is 0 Å². The number of aliphatic imine (C=N–C) groups is 1. The van der Waals surface area contributed by atoms with E-state index in [0.29, 0.717) is 11.6 Å². The lowest BCUT2D eigenvalue weighted by molar-refractivity contribution is -0.0575. The molecule has 0 bridgehead atoms. The molecule has 1 atom stereocenters. The third kappa shape index (κ3) is 3.33. The van der Waals surface area contributed by atoms with Crippen LogP contribution in [0.1, 0.15) is 59.3 Å². The van der Waals surface area contributed by atoms with Gasteiger partial charge in [0.05, 0.1) is 11.6 Å². The van der Waals surface area contributed by atoms with E-state index >= 15 is 0 Å². The molecule has 0 aromatic carbocycles. The molecule has 0 amide bonds. The lowest BCUT2D eigenvalue weighted by atomic mass is 9.78. The zero-order valence-corrected chi connectivity index (χ0v) is 13.9. The Balaban J connectivity index is 1.60. The van der Waals surface area contributed by atoms with Gasteiger partial charge in [0.2, 0.25) is 0 Å². The Morgan fingerprint density at radius 3 is 2.70 bits per heavy atom. The van der Waals surface area contributed by atoms with E-state index < -0.39 is 0 Å². The van der Waals surface area contributed by atoms with Gasteiger partial charge in [-0.2, -0.15) is 0 Å². The summed E-state index contributed by atoms with van der Waals surface area (Å²) in [6, 6.07) is 0.436. The fourth-order valence-corrected chi connectivity index (χ4v) is 4.92. The number of hydrogen-bond acceptors (Lipinski definition) is 3. The highest BCUT2D eigenvalue weighted by Crippen LogP contribution is 2.38. The van der Waals surface area contributed by atoms with Gasteiger partial charge in [0, 0.05) is 17.9 Å². The second-order valence-electron chi connectivity index (χ2n) is 7.57. The van der Waals surface area contributed by atoms with Gasteiger partial charge < -0.3 is 10.1 Å². The average molecular weight is 296 g/mol. The summed E-state index contributed by atoms with van der Waals surface area (Å²) in [5, 5.41) is 4.97. The molecule has 1 N–H and O–H groups in total. The maximum atomic E-state index is 5.79. The van der Waals surface area contributed by atoms with Crippen molar-refractivity contribution in [3.8, 4) is 0 Å². The number of hydrogen-bond donors (Lipinski definition) is 1. The SMILES string of the molecule is CC1CCC2(CC1)CSC(=NC1CCOC(C)(C)C1)N2. The van der Waals surface area contributed by atoms with Crippen molar-refractivity contribution in [1.29, 1.82) is 0 Å². The first-order valence-electron chi connectivity index (χ1n) is 8.09. The molecule has 0 radical (unpaired) electrons. The van der Waals surface area contributed by atoms with Crippen LogP contribution in [0.15, 0.2) is 4.99 Å². The molecule has 20 heavy (non-hydrogen) atoms. The van der Waals surface area contributed by atoms with Gasteiger partial charge in [-0.1, -0.05) is 18.7 Å². The Hall–Kier alpha value is -0.220. The maximum absolute atomic E-state index is 5.79. The molecular weight excluding hydrogens is 268 g/mol. The summed E-state index contributed by atoms with van der Waals surface area (Å²) in [6.07, 6.45) is 7.48. The van der Waals surface area contributed by atoms with Crippen molar-refractivity contribution in [1.82, 2.24) is 5.32 Å². The molecule has 1 aliphatic carbocycles. The zero-order valence-electron chi connectivity index (χ0n) is 13.1. The Labute approximate surface area is 127 Å². The summed E-state index contributed by atoms with van der Waals surface area (Å²) in [5.41, 5.74) is 0.352. The molecule has 1 spiro atoms. The van der Waals surface area contributed by atoms with Gasteiger partial charge in [0.25, 0.3) is 0 Å². The molecule has 1 saturated carbocycles. The third-order valence-electron chi connectivity index (χ3n) is 5.06. The Morgan fingerprint density at radius 2 is 2.00 bits per heavy atom. The number of ether oxygens (including phenoxy) is 1. The van der Waals surface area contributed by atoms with Crippen LogP contribution in [0.25, 0.3) is 0 Å². The number of nitrogens with zero attached hydrogens (tertiary/aromatic N) is 1. The van der Waals surface area contributed by atoms with Gasteiger partial charge in [0.15, 0.2) is 5.17 Å². The standard InChI is InChI=1S/C16H28N2OS/c1-12-4-7-16(8-5-12)11-20-14(18-16)17-13-6-9-19-15(2,3)10-13/h12-13H,4-11H2,1-3H3,(H,17,18). The smallest absolute Gasteiger partial charge is 0.157 e. The number of thioether (sulfide) groups is 1. The van der Waals surface area contributed by atoms with Crippen LogP contribution >= 0.6 is 11.8 Å². The summed E-state index contributed by atoms with van der Waals surface area (Å²) in [6.45, 7) is 7.59. The second-order valence-corrected chi connectivity index (χ2v) is 8.53. The van der Waals surface area contributed by atoms with Crippen molar-refractivity contribution in [3.63, 3.8) is 0 Å². The van der Waals surface area contributed by atoms with E-state index in [2.05, 4.69) is 26.1 Å². The quantitative estimate of drug-likeness (QED) is 0.803. The van der Waals surface area contributed by atoms with Crippen LogP contribution in [0.2, 0.25) is 0 Å². The molecule has 114 valence electrons. The van der Waals surface area contributed by atoms with Crippen molar-refractivity contribution in [2.45, 2.75) is 76.5 Å². The van der Waals surface area contributed by atoms with E-state index in [1.807, 2.05) is 11.8 Å². The van der Waals surface area contributed by atoms with E-state index in [0.717, 1.165) is 25.4 Å². The summed E-state index contributed by atoms with van der Waals surface area (Å²) in [5.74, 6) is 2.12. The normalized spacial score (nSPS) is 42.9. The fourth-order valence-electron chi connectivity index (χ4n) is 3.63. The highest BCUT2D eigenvalue weighted by atomic mass is 32.2. The van der Waals surface area contributed by atoms with Crippen LogP contribution in [-0.4, -0.2) is 34.7 Å². The van der Waals surface area contributed by atoms with Gasteiger partial charge in [0.1, 0.15) is 0 Å². The van der Waals surface area contributed by atoms with E-state index in [1.54, 1.807) is 0 Å². The fraction of sp³-hybridized carbons (Fsp3) is 0.938. The van der Waals surface area contributed by atoms with Gasteiger partial charge >= 0.3 is 0 Å². The minimum Gasteiger partial charge on any atom is -0.375 e. The van der Waals surface area contributed by atoms with E-state index in [1.165, 1.54) is 36.6 Å². The third-order valence-corrected chi connectivity index (χ3v) is 6.24.